The summed E-state index contributed by atoms with van der Waals surface area (Å²) < 4.78 is 38.4. The topological polar surface area (TPSA) is 50.7 Å². The molecule has 1 aromatic carbocycles. The Morgan fingerprint density at radius 3 is 2.53 bits per heavy atom. The Balaban J connectivity index is 2.73. The number of nitrogens with one attached hydrogen (secondary N) is 1. The number of aromatic nitrogens is 3. The lowest BCUT2D eigenvalue weighted by atomic mass is 10.2. The van der Waals surface area contributed by atoms with Crippen LogP contribution in [-0.2, 0) is 6.18 Å². The minimum Gasteiger partial charge on any atom is -0.246 e. The third-order valence-electron chi connectivity index (χ3n) is 2.28. The largest absolute Gasteiger partial charge is 0.452 e. The summed E-state index contributed by atoms with van der Waals surface area (Å²) in [4.78, 5) is 11.4. The Labute approximate surface area is 93.7 Å². The number of aryl methyl sites for hydroxylation is 1. The summed E-state index contributed by atoms with van der Waals surface area (Å²) in [6.45, 7) is 1.62. The second-order valence-corrected chi connectivity index (χ2v) is 3.47. The van der Waals surface area contributed by atoms with Gasteiger partial charge in [-0.05, 0) is 18.6 Å². The Hall–Kier alpha value is -2.05. The van der Waals surface area contributed by atoms with Gasteiger partial charge in [0.05, 0.1) is 5.69 Å². The lowest BCUT2D eigenvalue weighted by molar-refractivity contribution is -0.146. The number of alkyl halides is 3. The van der Waals surface area contributed by atoms with Crippen molar-refractivity contribution in [2.24, 2.45) is 0 Å². The van der Waals surface area contributed by atoms with Crippen LogP contribution in [0.3, 0.4) is 0 Å². The molecule has 1 heterocycles. The van der Waals surface area contributed by atoms with Crippen molar-refractivity contribution in [3.8, 4) is 5.69 Å². The summed E-state index contributed by atoms with van der Waals surface area (Å²) in [5.74, 6) is -1.25. The molecule has 0 aliphatic heterocycles. The van der Waals surface area contributed by atoms with Crippen molar-refractivity contribution in [3.05, 3.63) is 46.1 Å². The molecule has 0 radical (unpaired) electrons. The standard InChI is InChI=1S/C10H8F3N3O/c1-6-4-2-3-5-7(6)16-8(10(11,12)13)14-15-9(16)17/h2-5H,1H3,(H,15,17). The monoisotopic (exact) mass is 243 g/mol. The van der Waals surface area contributed by atoms with Crippen LogP contribution in [0.5, 0.6) is 0 Å². The highest BCUT2D eigenvalue weighted by atomic mass is 19.4. The number of aromatic amines is 1. The van der Waals surface area contributed by atoms with Crippen LogP contribution in [0.1, 0.15) is 11.4 Å². The van der Waals surface area contributed by atoms with Crippen molar-refractivity contribution in [2.45, 2.75) is 13.1 Å². The number of halogens is 3. The molecule has 17 heavy (non-hydrogen) atoms. The number of hydrogen-bond donors (Lipinski definition) is 1. The van der Waals surface area contributed by atoms with Gasteiger partial charge in [-0.3, -0.25) is 0 Å². The zero-order valence-electron chi connectivity index (χ0n) is 8.75. The van der Waals surface area contributed by atoms with E-state index in [-0.39, 0.29) is 5.69 Å². The fraction of sp³-hybridized carbons (Fsp3) is 0.200. The van der Waals surface area contributed by atoms with E-state index in [2.05, 4.69) is 5.10 Å². The van der Waals surface area contributed by atoms with E-state index in [1.165, 1.54) is 6.07 Å². The molecule has 0 bridgehead atoms. The van der Waals surface area contributed by atoms with Gasteiger partial charge in [0.15, 0.2) is 0 Å². The van der Waals surface area contributed by atoms with E-state index in [1.54, 1.807) is 30.2 Å². The fourth-order valence-corrected chi connectivity index (χ4v) is 1.52. The number of hydrogen-bond acceptors (Lipinski definition) is 2. The maximum atomic E-state index is 12.6. The SMILES string of the molecule is Cc1ccccc1-n1c(C(F)(F)F)n[nH]c1=O. The Morgan fingerprint density at radius 1 is 1.29 bits per heavy atom. The molecule has 0 unspecified atom stereocenters. The Bertz CT molecular complexity index is 597. The maximum Gasteiger partial charge on any atom is 0.452 e. The van der Waals surface area contributed by atoms with Crippen LogP contribution >= 0.6 is 0 Å². The van der Waals surface area contributed by atoms with Crippen LogP contribution in [0.2, 0.25) is 0 Å². The van der Waals surface area contributed by atoms with Gasteiger partial charge in [-0.25, -0.2) is 14.5 Å². The van der Waals surface area contributed by atoms with Crippen molar-refractivity contribution in [1.82, 2.24) is 14.8 Å². The Kier molecular flexibility index (Phi) is 2.53. The maximum absolute atomic E-state index is 12.6. The summed E-state index contributed by atoms with van der Waals surface area (Å²) in [5.41, 5.74) is -0.188. The van der Waals surface area contributed by atoms with Gasteiger partial charge >= 0.3 is 11.9 Å². The highest BCUT2D eigenvalue weighted by Crippen LogP contribution is 2.28. The van der Waals surface area contributed by atoms with Crippen LogP contribution in [-0.4, -0.2) is 14.8 Å². The first kappa shape index (κ1) is 11.4. The molecule has 0 atom stereocenters. The quantitative estimate of drug-likeness (QED) is 0.831. The summed E-state index contributed by atoms with van der Waals surface area (Å²) in [6, 6.07) is 6.29. The number of nitrogens with zero attached hydrogens (tertiary/aromatic N) is 2. The van der Waals surface area contributed by atoms with Gasteiger partial charge in [0.2, 0.25) is 5.82 Å². The third-order valence-corrected chi connectivity index (χ3v) is 2.28. The zero-order valence-corrected chi connectivity index (χ0v) is 8.75. The predicted molar refractivity (Wildman–Crippen MR) is 53.9 cm³/mol. The van der Waals surface area contributed by atoms with Crippen molar-refractivity contribution >= 4 is 0 Å². The molecule has 1 aromatic heterocycles. The molecule has 0 aliphatic carbocycles. The number of H-pyrrole nitrogens is 1. The van der Waals surface area contributed by atoms with Crippen LogP contribution in [0.25, 0.3) is 5.69 Å². The molecule has 2 rings (SSSR count). The summed E-state index contributed by atoms with van der Waals surface area (Å²) in [7, 11) is 0. The number of rotatable bonds is 1. The van der Waals surface area contributed by atoms with Crippen molar-refractivity contribution in [3.63, 3.8) is 0 Å². The average molecular weight is 243 g/mol. The van der Waals surface area contributed by atoms with Crippen molar-refractivity contribution in [2.75, 3.05) is 0 Å². The molecule has 0 fully saturated rings. The molecule has 0 saturated carbocycles. The van der Waals surface area contributed by atoms with Gasteiger partial charge in [0, 0.05) is 0 Å². The minimum absolute atomic E-state index is 0.165. The summed E-state index contributed by atoms with van der Waals surface area (Å²) >= 11 is 0. The lowest BCUT2D eigenvalue weighted by Gasteiger charge is -2.10. The van der Waals surface area contributed by atoms with Gasteiger partial charge in [0.1, 0.15) is 0 Å². The summed E-state index contributed by atoms with van der Waals surface area (Å²) in [6.07, 6.45) is -4.68. The highest BCUT2D eigenvalue weighted by molar-refractivity contribution is 5.40. The smallest absolute Gasteiger partial charge is 0.246 e. The fourth-order valence-electron chi connectivity index (χ4n) is 1.52. The molecule has 0 saturated heterocycles. The van der Waals surface area contributed by atoms with Gasteiger partial charge in [0.25, 0.3) is 0 Å². The van der Waals surface area contributed by atoms with Crippen LogP contribution in [0.4, 0.5) is 13.2 Å². The first-order valence-corrected chi connectivity index (χ1v) is 4.72. The van der Waals surface area contributed by atoms with E-state index < -0.39 is 17.7 Å². The molecule has 0 amide bonds. The molecule has 7 heteroatoms. The molecule has 1 N–H and O–H groups in total. The van der Waals surface area contributed by atoms with E-state index in [0.29, 0.717) is 10.1 Å². The van der Waals surface area contributed by atoms with E-state index in [9.17, 15) is 18.0 Å². The predicted octanol–water partition coefficient (Wildman–Crippen LogP) is 1.89. The number of para-hydroxylation sites is 1. The second kappa shape index (κ2) is 3.76. The van der Waals surface area contributed by atoms with Gasteiger partial charge < -0.3 is 0 Å². The van der Waals surface area contributed by atoms with Crippen molar-refractivity contribution < 1.29 is 13.2 Å². The van der Waals surface area contributed by atoms with E-state index in [0.717, 1.165) is 0 Å². The highest BCUT2D eigenvalue weighted by Gasteiger charge is 2.38. The molecule has 0 aliphatic rings. The van der Waals surface area contributed by atoms with Crippen LogP contribution in [0.15, 0.2) is 29.1 Å². The third kappa shape index (κ3) is 1.95. The molecule has 90 valence electrons. The Morgan fingerprint density at radius 2 is 1.94 bits per heavy atom. The van der Waals surface area contributed by atoms with E-state index in [4.69, 9.17) is 0 Å². The molecular weight excluding hydrogens is 235 g/mol. The van der Waals surface area contributed by atoms with Gasteiger partial charge in [-0.2, -0.15) is 13.2 Å². The van der Waals surface area contributed by atoms with E-state index in [1.807, 2.05) is 0 Å². The van der Waals surface area contributed by atoms with Crippen LogP contribution in [0, 0.1) is 6.92 Å². The number of benzene rings is 1. The molecule has 2 aromatic rings. The van der Waals surface area contributed by atoms with Gasteiger partial charge in [-0.15, -0.1) is 5.10 Å². The normalized spacial score (nSPS) is 11.8. The van der Waals surface area contributed by atoms with Crippen molar-refractivity contribution in [1.29, 1.82) is 0 Å². The average Bonchev–Trinajstić information content (AvgIpc) is 2.60. The van der Waals surface area contributed by atoms with Gasteiger partial charge in [-0.1, -0.05) is 18.2 Å². The molecule has 4 nitrogen and oxygen atoms in total. The molecular formula is C10H8F3N3O. The summed E-state index contributed by atoms with van der Waals surface area (Å²) in [5, 5.41) is 4.81. The van der Waals surface area contributed by atoms with Crippen LogP contribution < -0.4 is 5.69 Å². The second-order valence-electron chi connectivity index (χ2n) is 3.47. The molecule has 0 spiro atoms. The zero-order chi connectivity index (χ0) is 12.6. The first-order valence-electron chi connectivity index (χ1n) is 4.72. The lowest BCUT2D eigenvalue weighted by Crippen LogP contribution is -2.22. The first-order chi connectivity index (χ1) is 7.91. The van der Waals surface area contributed by atoms with E-state index >= 15 is 0 Å². The minimum atomic E-state index is -4.68.